The quantitative estimate of drug-likeness (QED) is 0.579. The number of rotatable bonds is 4. The van der Waals surface area contributed by atoms with Gasteiger partial charge in [0.05, 0.1) is 5.49 Å². The van der Waals surface area contributed by atoms with E-state index < -0.39 is 0 Å². The van der Waals surface area contributed by atoms with Crippen molar-refractivity contribution >= 4 is 17.7 Å². The molecule has 1 unspecified atom stereocenters. The zero-order chi connectivity index (χ0) is 8.15. The van der Waals surface area contributed by atoms with Crippen LogP contribution in [0.4, 0.5) is 0 Å². The average Bonchev–Trinajstić information content (AvgIpc) is 1.88. The van der Waals surface area contributed by atoms with Crippen molar-refractivity contribution in [2.45, 2.75) is 33.2 Å². The monoisotopic (exact) mass is 159 g/mol. The minimum Gasteiger partial charge on any atom is -0.369 e. The molecule has 0 aromatic heterocycles. The smallest absolute Gasteiger partial charge is 0.0640 e. The van der Waals surface area contributed by atoms with Crippen molar-refractivity contribution in [2.75, 3.05) is 7.05 Å². The van der Waals surface area contributed by atoms with Gasteiger partial charge in [-0.3, -0.25) is 0 Å². The Morgan fingerprint density at radius 3 is 2.10 bits per heavy atom. The Hall–Kier alpha value is -0.110. The summed E-state index contributed by atoms with van der Waals surface area (Å²) in [5.74, 6) is 0.689. The third-order valence-corrected chi connectivity index (χ3v) is 2.21. The van der Waals surface area contributed by atoms with Crippen molar-refractivity contribution < 1.29 is 0 Å². The molecule has 0 saturated heterocycles. The Bertz CT molecular complexity index is 101. The van der Waals surface area contributed by atoms with Crippen LogP contribution >= 0.6 is 12.2 Å². The largest absolute Gasteiger partial charge is 0.369 e. The van der Waals surface area contributed by atoms with Gasteiger partial charge in [-0.1, -0.05) is 33.0 Å². The van der Waals surface area contributed by atoms with E-state index in [0.717, 1.165) is 0 Å². The summed E-state index contributed by atoms with van der Waals surface area (Å²) in [4.78, 5) is 2.11. The standard InChI is InChI=1S/C8H17NS/c1-5-8(7(2)3)9(4)6-10/h6-8H,5H2,1-4H3. The van der Waals surface area contributed by atoms with Crippen LogP contribution in [0.5, 0.6) is 0 Å². The maximum atomic E-state index is 4.84. The Balaban J connectivity index is 3.92. The van der Waals surface area contributed by atoms with Crippen molar-refractivity contribution in [3.8, 4) is 0 Å². The van der Waals surface area contributed by atoms with Crippen LogP contribution in [0, 0.1) is 5.92 Å². The lowest BCUT2D eigenvalue weighted by molar-refractivity contribution is 0.288. The molecule has 0 fully saturated rings. The van der Waals surface area contributed by atoms with Crippen molar-refractivity contribution in [1.29, 1.82) is 0 Å². The van der Waals surface area contributed by atoms with E-state index in [-0.39, 0.29) is 0 Å². The second-order valence-electron chi connectivity index (χ2n) is 2.99. The van der Waals surface area contributed by atoms with Crippen LogP contribution in [-0.2, 0) is 0 Å². The van der Waals surface area contributed by atoms with Gasteiger partial charge in [0.25, 0.3) is 0 Å². The van der Waals surface area contributed by atoms with Crippen molar-refractivity contribution in [3.05, 3.63) is 0 Å². The second-order valence-corrected chi connectivity index (χ2v) is 3.20. The van der Waals surface area contributed by atoms with Gasteiger partial charge in [0.1, 0.15) is 0 Å². The first kappa shape index (κ1) is 9.89. The molecule has 10 heavy (non-hydrogen) atoms. The van der Waals surface area contributed by atoms with E-state index in [4.69, 9.17) is 12.2 Å². The fourth-order valence-corrected chi connectivity index (χ4v) is 1.46. The molecule has 0 aromatic carbocycles. The summed E-state index contributed by atoms with van der Waals surface area (Å²) >= 11 is 4.84. The van der Waals surface area contributed by atoms with E-state index in [1.54, 1.807) is 5.49 Å². The van der Waals surface area contributed by atoms with Gasteiger partial charge in [-0.15, -0.1) is 0 Å². The highest BCUT2D eigenvalue weighted by atomic mass is 32.1. The van der Waals surface area contributed by atoms with E-state index >= 15 is 0 Å². The molecule has 0 heterocycles. The number of hydrogen-bond acceptors (Lipinski definition) is 1. The van der Waals surface area contributed by atoms with Gasteiger partial charge >= 0.3 is 0 Å². The predicted octanol–water partition coefficient (Wildman–Crippen LogP) is 2.31. The Morgan fingerprint density at radius 1 is 1.50 bits per heavy atom. The molecular formula is C8H17NS. The Morgan fingerprint density at radius 2 is 2.00 bits per heavy atom. The van der Waals surface area contributed by atoms with Crippen LogP contribution in [0.2, 0.25) is 0 Å². The lowest BCUT2D eigenvalue weighted by Crippen LogP contribution is -2.33. The van der Waals surface area contributed by atoms with Gasteiger partial charge in [0.2, 0.25) is 0 Å². The molecule has 0 saturated carbocycles. The van der Waals surface area contributed by atoms with Crippen molar-refractivity contribution in [1.82, 2.24) is 4.90 Å². The first-order valence-corrected chi connectivity index (χ1v) is 4.27. The predicted molar refractivity (Wildman–Crippen MR) is 50.3 cm³/mol. The molecule has 0 rings (SSSR count). The van der Waals surface area contributed by atoms with E-state index in [0.29, 0.717) is 12.0 Å². The fraction of sp³-hybridized carbons (Fsp3) is 0.875. The molecule has 60 valence electrons. The van der Waals surface area contributed by atoms with Gasteiger partial charge in [0, 0.05) is 13.1 Å². The van der Waals surface area contributed by atoms with E-state index in [1.807, 2.05) is 7.05 Å². The van der Waals surface area contributed by atoms with Gasteiger partial charge in [-0.2, -0.15) is 0 Å². The highest BCUT2D eigenvalue weighted by Gasteiger charge is 2.12. The van der Waals surface area contributed by atoms with Crippen LogP contribution in [0.1, 0.15) is 27.2 Å². The minimum atomic E-state index is 0.609. The molecule has 0 amide bonds. The van der Waals surface area contributed by atoms with Gasteiger partial charge in [-0.05, 0) is 12.3 Å². The molecule has 0 aliphatic rings. The maximum Gasteiger partial charge on any atom is 0.0640 e. The minimum absolute atomic E-state index is 0.609. The molecule has 1 atom stereocenters. The van der Waals surface area contributed by atoms with Crippen LogP contribution in [0.25, 0.3) is 0 Å². The topological polar surface area (TPSA) is 3.24 Å². The van der Waals surface area contributed by atoms with E-state index in [2.05, 4.69) is 25.7 Å². The van der Waals surface area contributed by atoms with Crippen molar-refractivity contribution in [3.63, 3.8) is 0 Å². The number of hydrogen-bond donors (Lipinski definition) is 0. The first-order chi connectivity index (χ1) is 4.63. The van der Waals surface area contributed by atoms with Crippen LogP contribution in [0.3, 0.4) is 0 Å². The molecule has 1 nitrogen and oxygen atoms in total. The summed E-state index contributed by atoms with van der Waals surface area (Å²) < 4.78 is 0. The Labute approximate surface area is 69.4 Å². The summed E-state index contributed by atoms with van der Waals surface area (Å²) in [6, 6.07) is 0.609. The summed E-state index contributed by atoms with van der Waals surface area (Å²) in [7, 11) is 2.04. The molecule has 0 spiro atoms. The molecular weight excluding hydrogens is 142 g/mol. The summed E-state index contributed by atoms with van der Waals surface area (Å²) in [5.41, 5.74) is 1.73. The highest BCUT2D eigenvalue weighted by Crippen LogP contribution is 2.10. The van der Waals surface area contributed by atoms with Crippen LogP contribution in [0.15, 0.2) is 0 Å². The van der Waals surface area contributed by atoms with E-state index in [9.17, 15) is 0 Å². The highest BCUT2D eigenvalue weighted by molar-refractivity contribution is 7.78. The lowest BCUT2D eigenvalue weighted by atomic mass is 10.0. The lowest BCUT2D eigenvalue weighted by Gasteiger charge is -2.27. The average molecular weight is 159 g/mol. The van der Waals surface area contributed by atoms with Crippen LogP contribution < -0.4 is 0 Å². The molecule has 0 N–H and O–H groups in total. The number of nitrogens with zero attached hydrogens (tertiary/aromatic N) is 1. The Kier molecular flexibility index (Phi) is 4.62. The third-order valence-electron chi connectivity index (χ3n) is 1.88. The number of thiocarbonyl (C=S) groups is 1. The summed E-state index contributed by atoms with van der Waals surface area (Å²) in [6.07, 6.45) is 1.17. The molecule has 0 aromatic rings. The zero-order valence-corrected chi connectivity index (χ0v) is 8.11. The second kappa shape index (κ2) is 4.67. The summed E-state index contributed by atoms with van der Waals surface area (Å²) in [5, 5.41) is 0. The van der Waals surface area contributed by atoms with Gasteiger partial charge in [0.15, 0.2) is 0 Å². The van der Waals surface area contributed by atoms with Gasteiger partial charge in [-0.25, -0.2) is 0 Å². The van der Waals surface area contributed by atoms with E-state index in [1.165, 1.54) is 6.42 Å². The summed E-state index contributed by atoms with van der Waals surface area (Å²) in [6.45, 7) is 6.65. The van der Waals surface area contributed by atoms with Crippen LogP contribution in [-0.4, -0.2) is 23.5 Å². The van der Waals surface area contributed by atoms with Gasteiger partial charge < -0.3 is 4.90 Å². The molecule has 0 aliphatic carbocycles. The van der Waals surface area contributed by atoms with Crippen molar-refractivity contribution in [2.24, 2.45) is 5.92 Å². The molecule has 0 bridgehead atoms. The zero-order valence-electron chi connectivity index (χ0n) is 7.29. The first-order valence-electron chi connectivity index (χ1n) is 3.80. The molecule has 0 radical (unpaired) electrons. The SMILES string of the molecule is CCC(C(C)C)N(C)C=S. The molecule has 0 aliphatic heterocycles. The fourth-order valence-electron chi connectivity index (χ4n) is 1.31. The third kappa shape index (κ3) is 2.65. The normalized spacial score (nSPS) is 13.3. The molecule has 2 heteroatoms. The maximum absolute atomic E-state index is 4.84.